The minimum Gasteiger partial charge on any atom is -0.496 e. The molecule has 5 aliphatic rings. The van der Waals surface area contributed by atoms with E-state index < -0.39 is 4.92 Å². The number of methoxy groups -OCH3 is 1. The van der Waals surface area contributed by atoms with Gasteiger partial charge in [-0.3, -0.25) is 19.7 Å². The van der Waals surface area contributed by atoms with E-state index in [1.165, 1.54) is 31.5 Å². The number of benzene rings is 1. The third kappa shape index (κ3) is 2.60. The van der Waals surface area contributed by atoms with Crippen molar-refractivity contribution in [1.82, 2.24) is 5.01 Å². The van der Waals surface area contributed by atoms with Crippen LogP contribution in [0.5, 0.6) is 5.75 Å². The quantitative estimate of drug-likeness (QED) is 0.235. The van der Waals surface area contributed by atoms with Gasteiger partial charge in [0.15, 0.2) is 0 Å². The molecule has 4 aliphatic carbocycles. The molecule has 1 saturated heterocycles. The normalized spacial score (nSPS) is 31.8. The highest BCUT2D eigenvalue weighted by Gasteiger charge is 2.67. The van der Waals surface area contributed by atoms with E-state index >= 15 is 0 Å². The lowest BCUT2D eigenvalue weighted by Crippen LogP contribution is -2.40. The largest absolute Gasteiger partial charge is 0.496 e. The molecule has 0 N–H and O–H groups in total. The predicted octanol–water partition coefficient (Wildman–Crippen LogP) is 3.25. The molecule has 0 spiro atoms. The summed E-state index contributed by atoms with van der Waals surface area (Å²) in [6.07, 6.45) is 6.67. The maximum Gasteiger partial charge on any atom is 0.270 e. The van der Waals surface area contributed by atoms with E-state index in [2.05, 4.69) is 17.3 Å². The fourth-order valence-electron chi connectivity index (χ4n) is 5.74. The Morgan fingerprint density at radius 3 is 2.44 bits per heavy atom. The van der Waals surface area contributed by atoms with E-state index in [9.17, 15) is 19.7 Å². The van der Waals surface area contributed by atoms with Crippen molar-refractivity contribution in [3.63, 3.8) is 0 Å². The summed E-state index contributed by atoms with van der Waals surface area (Å²) >= 11 is 0. The zero-order valence-electron chi connectivity index (χ0n) is 17.1. The van der Waals surface area contributed by atoms with Crippen molar-refractivity contribution in [3.8, 4) is 17.1 Å². The van der Waals surface area contributed by atoms with Crippen LogP contribution in [0.25, 0.3) is 11.3 Å². The Kier molecular flexibility index (Phi) is 3.93. The third-order valence-corrected chi connectivity index (χ3v) is 7.23. The number of rotatable bonds is 5. The molecule has 2 saturated carbocycles. The molecule has 2 bridgehead atoms. The summed E-state index contributed by atoms with van der Waals surface area (Å²) in [6.45, 7) is 0. The van der Waals surface area contributed by atoms with E-state index in [1.807, 2.05) is 0 Å². The number of hydrazone groups is 1. The van der Waals surface area contributed by atoms with Crippen molar-refractivity contribution >= 4 is 23.7 Å². The Labute approximate surface area is 182 Å². The topological polar surface area (TPSA) is 115 Å². The van der Waals surface area contributed by atoms with Crippen LogP contribution < -0.4 is 4.74 Å². The predicted molar refractivity (Wildman–Crippen MR) is 111 cm³/mol. The van der Waals surface area contributed by atoms with Gasteiger partial charge in [0.25, 0.3) is 17.5 Å². The SMILES string of the molecule is COc1ccc([N+](=O)[O-])cc1-c1ccc(/C=N/N2C(=O)[C@@H]3[C@@H]4C=C[C@H]([C@H]5C[C@H]45)[C@@H]3C2=O)o1. The monoisotopic (exact) mass is 433 g/mol. The summed E-state index contributed by atoms with van der Waals surface area (Å²) in [6, 6.07) is 7.47. The maximum atomic E-state index is 13.0. The molecule has 0 unspecified atom stereocenters. The summed E-state index contributed by atoms with van der Waals surface area (Å²) in [5, 5.41) is 16.3. The van der Waals surface area contributed by atoms with Crippen molar-refractivity contribution in [2.75, 3.05) is 7.11 Å². The number of nitrogens with zero attached hydrogens (tertiary/aromatic N) is 3. The van der Waals surface area contributed by atoms with Crippen LogP contribution in [0.15, 0.2) is 52.0 Å². The Hall–Kier alpha value is -3.75. The van der Waals surface area contributed by atoms with Gasteiger partial charge < -0.3 is 9.15 Å². The number of hydrogen-bond acceptors (Lipinski definition) is 7. The molecule has 6 atom stereocenters. The van der Waals surface area contributed by atoms with E-state index in [-0.39, 0.29) is 41.2 Å². The summed E-state index contributed by atoms with van der Waals surface area (Å²) in [4.78, 5) is 36.6. The summed E-state index contributed by atoms with van der Waals surface area (Å²) in [7, 11) is 1.46. The number of nitro groups is 1. The van der Waals surface area contributed by atoms with Gasteiger partial charge in [0.1, 0.15) is 17.3 Å². The van der Waals surface area contributed by atoms with Crippen LogP contribution in [0, 0.1) is 45.6 Å². The Morgan fingerprint density at radius 1 is 1.12 bits per heavy atom. The number of furan rings is 1. The maximum absolute atomic E-state index is 13.0. The summed E-state index contributed by atoms with van der Waals surface area (Å²) < 4.78 is 11.0. The molecule has 1 aromatic heterocycles. The number of ether oxygens (including phenoxy) is 1. The van der Waals surface area contributed by atoms with Crippen LogP contribution in [0.1, 0.15) is 12.2 Å². The Morgan fingerprint density at radius 2 is 1.81 bits per heavy atom. The standard InChI is InChI=1S/C23H19N3O6/c1-31-18-6-2-11(26(29)30)8-17(18)19-7-3-12(32-19)10-24-25-22(27)20-13-4-5-14(16-9-15(13)16)21(20)23(25)28/h2-8,10,13-16,20-21H,9H2,1H3/b24-10+/t13-,14-,15-,16-,20-,21+/m1/s1. The number of non-ortho nitro benzene ring substituents is 1. The van der Waals surface area contributed by atoms with Gasteiger partial charge in [-0.2, -0.15) is 10.1 Å². The summed E-state index contributed by atoms with van der Waals surface area (Å²) in [5.41, 5.74) is 0.326. The number of carbonyl (C=O) groups excluding carboxylic acids is 2. The van der Waals surface area contributed by atoms with Crippen LogP contribution >= 0.6 is 0 Å². The molecular formula is C23H19N3O6. The van der Waals surface area contributed by atoms with E-state index in [0.717, 1.165) is 11.4 Å². The highest BCUT2D eigenvalue weighted by atomic mass is 16.6. The number of amides is 2. The van der Waals surface area contributed by atoms with Gasteiger partial charge in [-0.25, -0.2) is 0 Å². The van der Waals surface area contributed by atoms with Gasteiger partial charge >= 0.3 is 0 Å². The number of nitro benzene ring substituents is 1. The molecule has 2 aromatic rings. The molecule has 7 rings (SSSR count). The lowest BCUT2D eigenvalue weighted by atomic mass is 9.63. The minimum atomic E-state index is -0.496. The smallest absolute Gasteiger partial charge is 0.270 e. The second-order valence-electron chi connectivity index (χ2n) is 8.73. The van der Waals surface area contributed by atoms with E-state index in [1.54, 1.807) is 12.1 Å². The van der Waals surface area contributed by atoms with Gasteiger partial charge in [0, 0.05) is 12.1 Å². The number of hydrogen-bond donors (Lipinski definition) is 0. The molecule has 2 heterocycles. The highest BCUT2D eigenvalue weighted by molar-refractivity contribution is 6.06. The Bertz CT molecular complexity index is 1190. The van der Waals surface area contributed by atoms with Gasteiger partial charge in [-0.1, -0.05) is 12.2 Å². The van der Waals surface area contributed by atoms with Crippen molar-refractivity contribution in [2.45, 2.75) is 6.42 Å². The Balaban J connectivity index is 1.26. The highest BCUT2D eigenvalue weighted by Crippen LogP contribution is 2.65. The lowest BCUT2D eigenvalue weighted by molar-refractivity contribution is -0.384. The molecule has 1 aliphatic heterocycles. The van der Waals surface area contributed by atoms with Gasteiger partial charge in [-0.15, -0.1) is 0 Å². The molecule has 162 valence electrons. The first-order chi connectivity index (χ1) is 15.5. The second kappa shape index (κ2) is 6.62. The van der Waals surface area contributed by atoms with E-state index in [0.29, 0.717) is 34.7 Å². The number of allylic oxidation sites excluding steroid dienone is 2. The molecule has 9 nitrogen and oxygen atoms in total. The fourth-order valence-corrected chi connectivity index (χ4v) is 5.74. The number of imide groups is 1. The average Bonchev–Trinajstić information content (AvgIpc) is 3.44. The molecule has 9 heteroatoms. The summed E-state index contributed by atoms with van der Waals surface area (Å²) in [5.74, 6) is 1.33. The average molecular weight is 433 g/mol. The van der Waals surface area contributed by atoms with Gasteiger partial charge in [-0.05, 0) is 48.3 Å². The molecule has 3 fully saturated rings. The van der Waals surface area contributed by atoms with Crippen molar-refractivity contribution in [1.29, 1.82) is 0 Å². The molecule has 2 amide bonds. The van der Waals surface area contributed by atoms with Gasteiger partial charge in [0.2, 0.25) is 0 Å². The molecule has 1 aromatic carbocycles. The zero-order valence-corrected chi connectivity index (χ0v) is 17.1. The molecule has 0 radical (unpaired) electrons. The fraction of sp³-hybridized carbons (Fsp3) is 0.348. The minimum absolute atomic E-state index is 0.0930. The van der Waals surface area contributed by atoms with Crippen LogP contribution in [0.4, 0.5) is 5.69 Å². The lowest BCUT2D eigenvalue weighted by Gasteiger charge is -2.37. The zero-order chi connectivity index (χ0) is 22.1. The van der Waals surface area contributed by atoms with Gasteiger partial charge in [0.05, 0.1) is 35.6 Å². The van der Waals surface area contributed by atoms with Crippen LogP contribution in [-0.2, 0) is 9.59 Å². The second-order valence-corrected chi connectivity index (χ2v) is 8.73. The van der Waals surface area contributed by atoms with Crippen LogP contribution in [0.3, 0.4) is 0 Å². The van der Waals surface area contributed by atoms with Crippen molar-refractivity contribution < 1.29 is 23.7 Å². The first-order valence-corrected chi connectivity index (χ1v) is 10.5. The molecular weight excluding hydrogens is 414 g/mol. The first kappa shape index (κ1) is 19.0. The first-order valence-electron chi connectivity index (χ1n) is 10.5. The van der Waals surface area contributed by atoms with Crippen molar-refractivity contribution in [3.05, 3.63) is 58.4 Å². The van der Waals surface area contributed by atoms with E-state index in [4.69, 9.17) is 9.15 Å². The van der Waals surface area contributed by atoms with Crippen LogP contribution in [-0.4, -0.2) is 35.1 Å². The van der Waals surface area contributed by atoms with Crippen molar-refractivity contribution in [2.24, 2.45) is 40.6 Å². The number of carbonyl (C=O) groups is 2. The molecule has 32 heavy (non-hydrogen) atoms. The van der Waals surface area contributed by atoms with Crippen LogP contribution in [0.2, 0.25) is 0 Å². The third-order valence-electron chi connectivity index (χ3n) is 7.23.